The summed E-state index contributed by atoms with van der Waals surface area (Å²) in [6, 6.07) is 9.21. The average molecular weight is 368 g/mol. The number of hydrogen-bond acceptors (Lipinski definition) is 5. The predicted molar refractivity (Wildman–Crippen MR) is 98.0 cm³/mol. The van der Waals surface area contributed by atoms with Gasteiger partial charge in [0, 0.05) is 18.3 Å². The zero-order valence-electron chi connectivity index (χ0n) is 14.8. The fourth-order valence-corrected chi connectivity index (χ4v) is 2.48. The van der Waals surface area contributed by atoms with Crippen molar-refractivity contribution in [1.82, 2.24) is 9.38 Å². The van der Waals surface area contributed by atoms with Crippen LogP contribution in [0.2, 0.25) is 0 Å². The Balaban J connectivity index is 1.67. The molecule has 0 aliphatic rings. The van der Waals surface area contributed by atoms with Gasteiger partial charge in [-0.2, -0.15) is 0 Å². The van der Waals surface area contributed by atoms with Crippen LogP contribution >= 0.6 is 0 Å². The summed E-state index contributed by atoms with van der Waals surface area (Å²) in [6.07, 6.45) is 4.30. The van der Waals surface area contributed by atoms with Crippen molar-refractivity contribution in [3.63, 3.8) is 0 Å². The molecule has 1 aromatic carbocycles. The number of esters is 1. The van der Waals surface area contributed by atoms with Crippen LogP contribution in [0.15, 0.2) is 53.5 Å². The fraction of sp³-hybridized carbons (Fsp3) is 0.150. The van der Waals surface area contributed by atoms with Gasteiger partial charge in [0.2, 0.25) is 0 Å². The van der Waals surface area contributed by atoms with Gasteiger partial charge in [-0.15, -0.1) is 0 Å². The third-order valence-corrected chi connectivity index (χ3v) is 3.81. The zero-order chi connectivity index (χ0) is 19.4. The van der Waals surface area contributed by atoms with E-state index < -0.39 is 11.8 Å². The number of aromatic nitrogens is 2. The van der Waals surface area contributed by atoms with E-state index in [1.54, 1.807) is 18.3 Å². The van der Waals surface area contributed by atoms with Crippen LogP contribution in [0.1, 0.15) is 16.8 Å². The highest BCUT2D eigenvalue weighted by atomic mass is 19.1. The van der Waals surface area contributed by atoms with Crippen molar-refractivity contribution in [3.05, 3.63) is 81.7 Å². The van der Waals surface area contributed by atoms with Gasteiger partial charge in [0.1, 0.15) is 12.3 Å². The molecular weight excluding hydrogens is 351 g/mol. The van der Waals surface area contributed by atoms with E-state index in [0.717, 1.165) is 5.56 Å². The lowest BCUT2D eigenvalue weighted by atomic mass is 10.2. The maximum Gasteiger partial charge on any atom is 0.331 e. The Labute approximate surface area is 154 Å². The number of ether oxygens (including phenoxy) is 2. The van der Waals surface area contributed by atoms with Crippen LogP contribution in [0, 0.1) is 12.7 Å². The zero-order valence-corrected chi connectivity index (χ0v) is 14.8. The molecule has 0 aliphatic heterocycles. The fourth-order valence-electron chi connectivity index (χ4n) is 2.48. The molecule has 7 heteroatoms. The Morgan fingerprint density at radius 1 is 1.26 bits per heavy atom. The van der Waals surface area contributed by atoms with Crippen molar-refractivity contribution < 1.29 is 18.7 Å². The van der Waals surface area contributed by atoms with E-state index in [4.69, 9.17) is 9.47 Å². The van der Waals surface area contributed by atoms with Gasteiger partial charge < -0.3 is 9.47 Å². The van der Waals surface area contributed by atoms with E-state index in [2.05, 4.69) is 4.98 Å². The Morgan fingerprint density at radius 2 is 2.07 bits per heavy atom. The SMILES string of the molecule is COc1ccc(/C=C/C(=O)OCc2cc(=O)n3cc(C)ccc3n2)cc1F. The quantitative estimate of drug-likeness (QED) is 0.512. The molecule has 0 bridgehead atoms. The first-order valence-corrected chi connectivity index (χ1v) is 8.13. The highest BCUT2D eigenvalue weighted by molar-refractivity contribution is 5.87. The molecule has 2 aromatic heterocycles. The normalized spacial score (nSPS) is 11.1. The number of nitrogens with zero attached hydrogens (tertiary/aromatic N) is 2. The molecule has 0 N–H and O–H groups in total. The van der Waals surface area contributed by atoms with Crippen molar-refractivity contribution in [1.29, 1.82) is 0 Å². The minimum absolute atomic E-state index is 0.124. The lowest BCUT2D eigenvalue weighted by molar-refractivity contribution is -0.139. The summed E-state index contributed by atoms with van der Waals surface area (Å²) in [5.41, 5.74) is 2.00. The highest BCUT2D eigenvalue weighted by Crippen LogP contribution is 2.18. The maximum atomic E-state index is 13.6. The molecule has 27 heavy (non-hydrogen) atoms. The summed E-state index contributed by atoms with van der Waals surface area (Å²) >= 11 is 0. The third-order valence-electron chi connectivity index (χ3n) is 3.81. The topological polar surface area (TPSA) is 69.9 Å². The molecule has 0 unspecified atom stereocenters. The molecule has 3 aromatic rings. The molecule has 0 saturated carbocycles. The van der Waals surface area contributed by atoms with E-state index in [1.807, 2.05) is 13.0 Å². The van der Waals surface area contributed by atoms with Gasteiger partial charge in [-0.25, -0.2) is 14.2 Å². The smallest absolute Gasteiger partial charge is 0.331 e. The van der Waals surface area contributed by atoms with Gasteiger partial charge in [-0.3, -0.25) is 9.20 Å². The summed E-state index contributed by atoms with van der Waals surface area (Å²) < 4.78 is 25.0. The van der Waals surface area contributed by atoms with Crippen LogP contribution in [-0.2, 0) is 16.1 Å². The Kier molecular flexibility index (Phi) is 5.30. The molecule has 0 saturated heterocycles. The van der Waals surface area contributed by atoms with Crippen molar-refractivity contribution in [3.8, 4) is 5.75 Å². The largest absolute Gasteiger partial charge is 0.494 e. The van der Waals surface area contributed by atoms with Crippen LogP contribution in [-0.4, -0.2) is 22.5 Å². The van der Waals surface area contributed by atoms with Gasteiger partial charge in [-0.05, 0) is 42.3 Å². The van der Waals surface area contributed by atoms with Gasteiger partial charge in [0.05, 0.1) is 12.8 Å². The summed E-state index contributed by atoms with van der Waals surface area (Å²) in [6.45, 7) is 1.74. The second-order valence-corrected chi connectivity index (χ2v) is 5.86. The van der Waals surface area contributed by atoms with Gasteiger partial charge in [0.25, 0.3) is 5.56 Å². The Bertz CT molecular complexity index is 1090. The van der Waals surface area contributed by atoms with Gasteiger partial charge in [-0.1, -0.05) is 12.1 Å². The number of fused-ring (bicyclic) bond motifs is 1. The van der Waals surface area contributed by atoms with Crippen LogP contribution in [0.3, 0.4) is 0 Å². The first kappa shape index (κ1) is 18.3. The lowest BCUT2D eigenvalue weighted by Gasteiger charge is -2.05. The number of carbonyl (C=O) groups is 1. The van der Waals surface area contributed by atoms with Crippen LogP contribution in [0.5, 0.6) is 5.75 Å². The number of carbonyl (C=O) groups excluding carboxylic acids is 1. The minimum atomic E-state index is -0.628. The maximum absolute atomic E-state index is 13.6. The van der Waals surface area contributed by atoms with Crippen LogP contribution in [0.4, 0.5) is 4.39 Å². The van der Waals surface area contributed by atoms with E-state index >= 15 is 0 Å². The average Bonchev–Trinajstić information content (AvgIpc) is 2.65. The summed E-state index contributed by atoms with van der Waals surface area (Å²) in [5.74, 6) is -1.03. The first-order valence-electron chi connectivity index (χ1n) is 8.13. The van der Waals surface area contributed by atoms with E-state index in [1.165, 1.54) is 41.9 Å². The second-order valence-electron chi connectivity index (χ2n) is 5.86. The predicted octanol–water partition coefficient (Wildman–Crippen LogP) is 2.91. The molecule has 0 aliphatic carbocycles. The molecule has 0 fully saturated rings. The third kappa shape index (κ3) is 4.38. The number of methoxy groups -OCH3 is 1. The molecule has 0 atom stereocenters. The number of halogens is 1. The number of hydrogen-bond donors (Lipinski definition) is 0. The van der Waals surface area contributed by atoms with Gasteiger partial charge in [0.15, 0.2) is 11.6 Å². The van der Waals surface area contributed by atoms with Gasteiger partial charge >= 0.3 is 5.97 Å². The molecule has 2 heterocycles. The van der Waals surface area contributed by atoms with E-state index in [0.29, 0.717) is 16.9 Å². The Hall–Kier alpha value is -3.48. The number of pyridine rings is 1. The minimum Gasteiger partial charge on any atom is -0.494 e. The first-order chi connectivity index (χ1) is 13.0. The molecule has 0 spiro atoms. The van der Waals surface area contributed by atoms with E-state index in [9.17, 15) is 14.0 Å². The van der Waals surface area contributed by atoms with Crippen molar-refractivity contribution >= 4 is 17.7 Å². The van der Waals surface area contributed by atoms with Crippen LogP contribution < -0.4 is 10.3 Å². The molecule has 3 rings (SSSR count). The standard InChI is InChI=1S/C20H17FN2O4/c1-13-3-7-18-22-15(10-19(24)23(18)11-13)12-27-20(25)8-5-14-4-6-17(26-2)16(21)9-14/h3-11H,12H2,1-2H3/b8-5+. The number of benzene rings is 1. The van der Waals surface area contributed by atoms with Crippen molar-refractivity contribution in [2.24, 2.45) is 0 Å². The Morgan fingerprint density at radius 3 is 2.81 bits per heavy atom. The summed E-state index contributed by atoms with van der Waals surface area (Å²) in [4.78, 5) is 28.3. The monoisotopic (exact) mass is 368 g/mol. The lowest BCUT2D eigenvalue weighted by Crippen LogP contribution is -2.16. The van der Waals surface area contributed by atoms with Crippen molar-refractivity contribution in [2.45, 2.75) is 13.5 Å². The second kappa shape index (κ2) is 7.82. The summed E-state index contributed by atoms with van der Waals surface area (Å²) in [5, 5.41) is 0. The molecule has 0 radical (unpaired) electrons. The molecule has 138 valence electrons. The molecular formula is C20H17FN2O4. The number of aryl methyl sites for hydroxylation is 1. The summed E-state index contributed by atoms with van der Waals surface area (Å²) in [7, 11) is 1.37. The van der Waals surface area contributed by atoms with E-state index in [-0.39, 0.29) is 17.9 Å². The van der Waals surface area contributed by atoms with Crippen molar-refractivity contribution in [2.75, 3.05) is 7.11 Å². The molecule has 0 amide bonds. The van der Waals surface area contributed by atoms with Crippen LogP contribution in [0.25, 0.3) is 11.7 Å². The highest BCUT2D eigenvalue weighted by Gasteiger charge is 2.06. The number of rotatable bonds is 5. The molecule has 6 nitrogen and oxygen atoms in total.